The molecule has 2 unspecified atom stereocenters. The van der Waals surface area contributed by atoms with Crippen LogP contribution in [0.4, 0.5) is 0 Å². The SMILES string of the molecule is Cc1ccc2c(c1)C1(C=CCCCC1)c1cc(C)c3ccccc3c1-2.Cc1ccc2c(c1)C1(CC=CCCC1)c1cc(C)c3ccccc3c1-2.Cc1ccc2c(c1)C1(CCC(C)CC1)c1cc(C)c3ccccc3c1-2.Cc1ccc2c(c1)C1(CCCCCC1)c1cc(C)c3ccccc3c1-2.Cc1ccc2c(c1)C1(c3cc(C)c4ccccc4c3-2)C(C)(C)CCCC1(C)C. The van der Waals surface area contributed by atoms with Gasteiger partial charge in [-0.15, -0.1) is 0 Å². The average molecular weight is 1670 g/mol. The first-order chi connectivity index (χ1) is 61.9. The first kappa shape index (κ1) is 84.0. The van der Waals surface area contributed by atoms with Gasteiger partial charge in [-0.05, 0) is 375 Å². The zero-order valence-corrected chi connectivity index (χ0v) is 79.3. The summed E-state index contributed by atoms with van der Waals surface area (Å²) in [4.78, 5) is 0. The van der Waals surface area contributed by atoms with E-state index in [-0.39, 0.29) is 37.9 Å². The molecular formula is C128H132. The van der Waals surface area contributed by atoms with Gasteiger partial charge in [0.1, 0.15) is 0 Å². The fraction of sp³-hybridized carbons (Fsp3) is 0.344. The first-order valence-corrected chi connectivity index (χ1v) is 49.5. The molecule has 3 saturated carbocycles. The van der Waals surface area contributed by atoms with Crippen LogP contribution in [0, 0.1) is 86.0 Å². The van der Waals surface area contributed by atoms with Crippen molar-refractivity contribution in [2.75, 3.05) is 0 Å². The zero-order valence-electron chi connectivity index (χ0n) is 79.3. The molecule has 0 aromatic heterocycles. The molecule has 0 N–H and O–H groups in total. The molecule has 0 nitrogen and oxygen atoms in total. The summed E-state index contributed by atoms with van der Waals surface area (Å²) in [5.41, 5.74) is 45.9. The van der Waals surface area contributed by atoms with E-state index < -0.39 is 0 Å². The minimum atomic E-state index is 0.0593. The summed E-state index contributed by atoms with van der Waals surface area (Å²) in [7, 11) is 0. The van der Waals surface area contributed by atoms with Crippen molar-refractivity contribution in [2.24, 2.45) is 16.7 Å². The van der Waals surface area contributed by atoms with Crippen molar-refractivity contribution >= 4 is 53.9 Å². The van der Waals surface area contributed by atoms with Crippen molar-refractivity contribution in [3.05, 3.63) is 378 Å². The monoisotopic (exact) mass is 1670 g/mol. The second-order valence-corrected chi connectivity index (χ2v) is 43.0. The fourth-order valence-electron chi connectivity index (χ4n) is 28.4. The van der Waals surface area contributed by atoms with Crippen LogP contribution in [-0.2, 0) is 27.1 Å². The van der Waals surface area contributed by atoms with E-state index in [4.69, 9.17) is 0 Å². The Kier molecular flexibility index (Phi) is 21.0. The molecule has 0 aliphatic heterocycles. The van der Waals surface area contributed by atoms with Crippen LogP contribution in [0.25, 0.3) is 109 Å². The Labute approximate surface area is 764 Å². The number of fused-ring (bicyclic) bond motifs is 35. The summed E-state index contributed by atoms with van der Waals surface area (Å²) >= 11 is 0. The van der Waals surface area contributed by atoms with Crippen molar-refractivity contribution in [2.45, 2.75) is 266 Å². The Bertz CT molecular complexity index is 7050. The molecule has 2 atom stereocenters. The van der Waals surface area contributed by atoms with Gasteiger partial charge < -0.3 is 0 Å². The molecule has 0 bridgehead atoms. The number of hydrogen-bond donors (Lipinski definition) is 0. The van der Waals surface area contributed by atoms with E-state index in [1.165, 1.54) is 305 Å². The smallest absolute Gasteiger partial charge is 0.0394 e. The van der Waals surface area contributed by atoms with Crippen LogP contribution in [0.15, 0.2) is 267 Å². The van der Waals surface area contributed by atoms with E-state index in [0.29, 0.717) is 0 Å². The molecule has 10 aliphatic rings. The molecule has 3 fully saturated rings. The molecule has 0 saturated heterocycles. The quantitative estimate of drug-likeness (QED) is 0.133. The number of benzene rings is 15. The molecule has 0 heterocycles. The third kappa shape index (κ3) is 12.9. The summed E-state index contributed by atoms with van der Waals surface area (Å²) in [6, 6.07) is 93.2. The maximum Gasteiger partial charge on any atom is 0.0394 e. The third-order valence-corrected chi connectivity index (χ3v) is 34.3. The van der Waals surface area contributed by atoms with E-state index >= 15 is 0 Å². The lowest BCUT2D eigenvalue weighted by molar-refractivity contribution is 0.00873. The highest BCUT2D eigenvalue weighted by Gasteiger charge is 2.63. The summed E-state index contributed by atoms with van der Waals surface area (Å²) in [6.45, 7) is 35.1. The number of allylic oxidation sites excluding steroid dienone is 4. The summed E-state index contributed by atoms with van der Waals surface area (Å²) in [6.07, 6.45) is 37.0. The number of hydrogen-bond acceptors (Lipinski definition) is 0. The van der Waals surface area contributed by atoms with Gasteiger partial charge in [0.2, 0.25) is 0 Å². The van der Waals surface area contributed by atoms with Gasteiger partial charge in [-0.25, -0.2) is 0 Å². The van der Waals surface area contributed by atoms with Crippen LogP contribution >= 0.6 is 0 Å². The Hall–Kier alpha value is -10.9. The minimum absolute atomic E-state index is 0.0593. The molecule has 644 valence electrons. The lowest BCUT2D eigenvalue weighted by Crippen LogP contribution is -2.55. The number of rotatable bonds is 0. The maximum absolute atomic E-state index is 2.54. The normalized spacial score (nSPS) is 21.3. The fourth-order valence-corrected chi connectivity index (χ4v) is 28.4. The van der Waals surface area contributed by atoms with Crippen LogP contribution < -0.4 is 0 Å². The lowest BCUT2D eigenvalue weighted by Gasteiger charge is -2.59. The van der Waals surface area contributed by atoms with Crippen LogP contribution in [0.1, 0.15) is 281 Å². The van der Waals surface area contributed by atoms with E-state index in [1.807, 2.05) is 0 Å². The predicted octanol–water partition coefficient (Wildman–Crippen LogP) is 35.7. The van der Waals surface area contributed by atoms with Gasteiger partial charge in [0, 0.05) is 27.1 Å². The molecule has 10 aliphatic carbocycles. The van der Waals surface area contributed by atoms with Crippen molar-refractivity contribution in [1.29, 1.82) is 0 Å². The van der Waals surface area contributed by atoms with Crippen molar-refractivity contribution in [1.82, 2.24) is 0 Å². The van der Waals surface area contributed by atoms with Gasteiger partial charge in [0.15, 0.2) is 0 Å². The summed E-state index contributed by atoms with van der Waals surface area (Å²) in [5, 5.41) is 14.2. The van der Waals surface area contributed by atoms with E-state index in [9.17, 15) is 0 Å². The lowest BCUT2D eigenvalue weighted by atomic mass is 9.44. The second kappa shape index (κ2) is 32.0. The Morgan fingerprint density at radius 1 is 0.234 bits per heavy atom. The molecule has 15 aromatic carbocycles. The molecule has 0 amide bonds. The van der Waals surface area contributed by atoms with E-state index in [1.54, 1.807) is 44.5 Å². The Morgan fingerprint density at radius 2 is 0.547 bits per heavy atom. The topological polar surface area (TPSA) is 0 Å². The van der Waals surface area contributed by atoms with Crippen molar-refractivity contribution in [3.8, 4) is 55.6 Å². The molecule has 0 radical (unpaired) electrons. The largest absolute Gasteiger partial charge is 0.0885 e. The molecule has 15 aromatic rings. The van der Waals surface area contributed by atoms with Crippen LogP contribution in [0.5, 0.6) is 0 Å². The van der Waals surface area contributed by atoms with E-state index in [0.717, 1.165) is 12.3 Å². The van der Waals surface area contributed by atoms with Gasteiger partial charge in [0.05, 0.1) is 0 Å². The Morgan fingerprint density at radius 3 is 0.977 bits per heavy atom. The molecule has 0 heteroatoms. The van der Waals surface area contributed by atoms with Gasteiger partial charge in [-0.1, -0.05) is 368 Å². The molecule has 5 spiro atoms. The second-order valence-electron chi connectivity index (χ2n) is 43.0. The maximum atomic E-state index is 2.54. The Balaban J connectivity index is 0.0000000973. The third-order valence-electron chi connectivity index (χ3n) is 34.3. The van der Waals surface area contributed by atoms with Gasteiger partial charge in [0.25, 0.3) is 0 Å². The first-order valence-electron chi connectivity index (χ1n) is 49.5. The van der Waals surface area contributed by atoms with E-state index in [2.05, 4.69) is 371 Å². The van der Waals surface area contributed by atoms with Gasteiger partial charge in [-0.2, -0.15) is 0 Å². The highest BCUT2D eigenvalue weighted by molar-refractivity contribution is 6.09. The molecule has 128 heavy (non-hydrogen) atoms. The highest BCUT2D eigenvalue weighted by atomic mass is 14.7. The summed E-state index contributed by atoms with van der Waals surface area (Å²) in [5.74, 6) is 0.865. The van der Waals surface area contributed by atoms with Gasteiger partial charge >= 0.3 is 0 Å². The zero-order chi connectivity index (χ0) is 88.1. The highest BCUT2D eigenvalue weighted by Crippen LogP contribution is 2.71. The average Bonchev–Trinajstić information content (AvgIpc) is 1.49. The van der Waals surface area contributed by atoms with Crippen molar-refractivity contribution < 1.29 is 0 Å². The standard InChI is InChI=1S/C28H32.2C25H26.2C25H24/c1-18-12-13-22-23(16-18)28(26(3,4)14-9-15-27(28,5)6)24-17-19(2)20-10-7-8-11-21(20)25(22)24;1-16-10-12-25(13-11-16)22-14-17(2)8-9-21(22)24-20-7-5-4-6-19(20)18(3)15-23(24)25;3*1-17-11-12-21-22(15-17)25(13-7-3-4-8-14-25)23-16-18(2)19-9-5-6-10-20(19)24(21)23/h7-8,10-13,16-17H,9,14-15H2,1-6H3;4-9,14-16H,10-13H2,1-3H3;5-6,9-12,15-16H,3-4,7-8,13-14H2,1-2H3;5-7,9-13,15-16H,3-4,8,14H2,1-2H3;3,5-7,9-12,15-16H,4,8,13-14H2,1-2H3. The molecular weight excluding hydrogens is 1540 g/mol. The summed E-state index contributed by atoms with van der Waals surface area (Å²) < 4.78 is 0. The van der Waals surface area contributed by atoms with Crippen LogP contribution in [0.3, 0.4) is 0 Å². The predicted molar refractivity (Wildman–Crippen MR) is 550 cm³/mol. The van der Waals surface area contributed by atoms with Gasteiger partial charge in [-0.3, -0.25) is 0 Å². The van der Waals surface area contributed by atoms with Crippen LogP contribution in [-0.4, -0.2) is 0 Å². The van der Waals surface area contributed by atoms with Crippen LogP contribution in [0.2, 0.25) is 0 Å². The number of aryl methyl sites for hydroxylation is 10. The molecule has 25 rings (SSSR count). The minimum Gasteiger partial charge on any atom is -0.0885 e. The van der Waals surface area contributed by atoms with Crippen molar-refractivity contribution in [3.63, 3.8) is 0 Å².